The summed E-state index contributed by atoms with van der Waals surface area (Å²) in [6.45, 7) is 1.52. The van der Waals surface area contributed by atoms with Gasteiger partial charge in [0.15, 0.2) is 0 Å². The van der Waals surface area contributed by atoms with Gasteiger partial charge in [-0.05, 0) is 12.8 Å². The molecule has 0 bridgehead atoms. The van der Waals surface area contributed by atoms with E-state index in [2.05, 4.69) is 5.32 Å². The standard InChI is InChI=1S/C10H15NO4/c12-7-10(1-2-10)6-11-9(13)8-5-14-3-4-15-8/h5,12H,1-4,6-7H2,(H,11,13). The van der Waals surface area contributed by atoms with Gasteiger partial charge in [0, 0.05) is 12.0 Å². The molecule has 1 heterocycles. The highest BCUT2D eigenvalue weighted by Crippen LogP contribution is 2.44. The second kappa shape index (κ2) is 4.10. The van der Waals surface area contributed by atoms with Gasteiger partial charge in [-0.25, -0.2) is 0 Å². The van der Waals surface area contributed by atoms with Crippen LogP contribution < -0.4 is 5.32 Å². The summed E-state index contributed by atoms with van der Waals surface area (Å²) in [6.07, 6.45) is 3.28. The summed E-state index contributed by atoms with van der Waals surface area (Å²) in [5.41, 5.74) is -0.0776. The van der Waals surface area contributed by atoms with Gasteiger partial charge in [-0.2, -0.15) is 0 Å². The number of rotatable bonds is 4. The van der Waals surface area contributed by atoms with Crippen molar-refractivity contribution >= 4 is 5.91 Å². The molecule has 0 aromatic rings. The van der Waals surface area contributed by atoms with Crippen molar-refractivity contribution in [2.24, 2.45) is 5.41 Å². The van der Waals surface area contributed by atoms with Gasteiger partial charge < -0.3 is 19.9 Å². The van der Waals surface area contributed by atoms with Crippen LogP contribution in [0.25, 0.3) is 0 Å². The molecule has 0 unspecified atom stereocenters. The second-order valence-electron chi connectivity index (χ2n) is 4.04. The molecular weight excluding hydrogens is 198 g/mol. The van der Waals surface area contributed by atoms with Gasteiger partial charge in [0.2, 0.25) is 5.76 Å². The average Bonchev–Trinajstić information content (AvgIpc) is 3.08. The topological polar surface area (TPSA) is 67.8 Å². The number of carbonyl (C=O) groups is 1. The zero-order valence-corrected chi connectivity index (χ0v) is 8.49. The molecule has 0 atom stereocenters. The van der Waals surface area contributed by atoms with Crippen LogP contribution in [0.2, 0.25) is 0 Å². The van der Waals surface area contributed by atoms with Crippen LogP contribution in [-0.2, 0) is 14.3 Å². The Hall–Kier alpha value is -1.23. The second-order valence-corrected chi connectivity index (χ2v) is 4.04. The molecule has 1 aliphatic carbocycles. The van der Waals surface area contributed by atoms with Gasteiger partial charge in [0.25, 0.3) is 5.91 Å². The van der Waals surface area contributed by atoms with Gasteiger partial charge in [-0.1, -0.05) is 0 Å². The highest BCUT2D eigenvalue weighted by atomic mass is 16.6. The molecule has 2 N–H and O–H groups in total. The highest BCUT2D eigenvalue weighted by molar-refractivity contribution is 5.91. The van der Waals surface area contributed by atoms with Crippen LogP contribution in [0.3, 0.4) is 0 Å². The summed E-state index contributed by atoms with van der Waals surface area (Å²) in [4.78, 5) is 11.5. The van der Waals surface area contributed by atoms with Crippen molar-refractivity contribution < 1.29 is 19.4 Å². The number of aliphatic hydroxyl groups is 1. The highest BCUT2D eigenvalue weighted by Gasteiger charge is 2.42. The summed E-state index contributed by atoms with van der Waals surface area (Å²) in [5.74, 6) is -0.0515. The van der Waals surface area contributed by atoms with E-state index in [-0.39, 0.29) is 23.7 Å². The maximum absolute atomic E-state index is 11.5. The van der Waals surface area contributed by atoms with Crippen molar-refractivity contribution in [3.63, 3.8) is 0 Å². The fraction of sp³-hybridized carbons (Fsp3) is 0.700. The van der Waals surface area contributed by atoms with Crippen molar-refractivity contribution in [2.45, 2.75) is 12.8 Å². The van der Waals surface area contributed by atoms with E-state index >= 15 is 0 Å². The number of carbonyl (C=O) groups excluding carboxylic acids is 1. The Labute approximate surface area is 88.1 Å². The van der Waals surface area contributed by atoms with Crippen molar-refractivity contribution in [1.29, 1.82) is 0 Å². The minimum atomic E-state index is -0.269. The molecule has 0 aromatic carbocycles. The summed E-state index contributed by atoms with van der Waals surface area (Å²) in [7, 11) is 0. The third kappa shape index (κ3) is 2.41. The zero-order valence-electron chi connectivity index (χ0n) is 8.49. The van der Waals surface area contributed by atoms with Crippen LogP contribution in [0.15, 0.2) is 12.0 Å². The molecule has 0 saturated heterocycles. The van der Waals surface area contributed by atoms with Crippen LogP contribution in [0.4, 0.5) is 0 Å². The Bertz CT molecular complexity index is 283. The minimum Gasteiger partial charge on any atom is -0.494 e. The van der Waals surface area contributed by atoms with Crippen LogP contribution in [-0.4, -0.2) is 37.4 Å². The monoisotopic (exact) mass is 213 g/mol. The zero-order chi connectivity index (χ0) is 10.7. The maximum atomic E-state index is 11.5. The van der Waals surface area contributed by atoms with Crippen molar-refractivity contribution in [2.75, 3.05) is 26.4 Å². The Morgan fingerprint density at radius 1 is 1.53 bits per heavy atom. The Morgan fingerprint density at radius 3 is 2.87 bits per heavy atom. The van der Waals surface area contributed by atoms with E-state index in [0.29, 0.717) is 19.8 Å². The normalized spacial score (nSPS) is 22.1. The van der Waals surface area contributed by atoms with Gasteiger partial charge in [0.05, 0.1) is 6.61 Å². The molecule has 84 valence electrons. The van der Waals surface area contributed by atoms with Crippen molar-refractivity contribution in [1.82, 2.24) is 5.32 Å². The van der Waals surface area contributed by atoms with Gasteiger partial charge >= 0.3 is 0 Å². The van der Waals surface area contributed by atoms with E-state index in [4.69, 9.17) is 14.6 Å². The molecule has 0 aromatic heterocycles. The van der Waals surface area contributed by atoms with Crippen molar-refractivity contribution in [3.05, 3.63) is 12.0 Å². The quantitative estimate of drug-likeness (QED) is 0.676. The molecule has 1 saturated carbocycles. The Kier molecular flexibility index (Phi) is 2.81. The smallest absolute Gasteiger partial charge is 0.289 e. The number of hydrogen-bond acceptors (Lipinski definition) is 4. The third-order valence-corrected chi connectivity index (χ3v) is 2.79. The molecular formula is C10H15NO4. The van der Waals surface area contributed by atoms with Crippen LogP contribution in [0.1, 0.15) is 12.8 Å². The van der Waals surface area contributed by atoms with Gasteiger partial charge in [0.1, 0.15) is 19.5 Å². The predicted octanol–water partition coefficient (Wildman–Crippen LogP) is -0.237. The van der Waals surface area contributed by atoms with E-state index < -0.39 is 0 Å². The molecule has 0 radical (unpaired) electrons. The maximum Gasteiger partial charge on any atom is 0.289 e. The Morgan fingerprint density at radius 2 is 2.33 bits per heavy atom. The van der Waals surface area contributed by atoms with Crippen LogP contribution >= 0.6 is 0 Å². The lowest BCUT2D eigenvalue weighted by atomic mass is 10.1. The molecule has 5 heteroatoms. The lowest BCUT2D eigenvalue weighted by molar-refractivity contribution is -0.122. The lowest BCUT2D eigenvalue weighted by Gasteiger charge is -2.17. The van der Waals surface area contributed by atoms with Gasteiger partial charge in [-0.3, -0.25) is 4.79 Å². The first-order valence-corrected chi connectivity index (χ1v) is 5.09. The first-order valence-electron chi connectivity index (χ1n) is 5.09. The molecule has 1 fully saturated rings. The SMILES string of the molecule is O=C(NCC1(CO)CC1)C1=COCCO1. The lowest BCUT2D eigenvalue weighted by Crippen LogP contribution is -2.34. The summed E-state index contributed by atoms with van der Waals surface area (Å²) in [5, 5.41) is 11.8. The van der Waals surface area contributed by atoms with Gasteiger partial charge in [-0.15, -0.1) is 0 Å². The molecule has 2 rings (SSSR count). The fourth-order valence-electron chi connectivity index (χ4n) is 1.41. The van der Waals surface area contributed by atoms with Crippen LogP contribution in [0, 0.1) is 5.41 Å². The number of ether oxygens (including phenoxy) is 2. The number of nitrogens with one attached hydrogen (secondary N) is 1. The Balaban J connectivity index is 1.79. The fourth-order valence-corrected chi connectivity index (χ4v) is 1.41. The molecule has 1 amide bonds. The molecule has 1 aliphatic heterocycles. The molecule has 15 heavy (non-hydrogen) atoms. The largest absolute Gasteiger partial charge is 0.494 e. The van der Waals surface area contributed by atoms with Crippen LogP contribution in [0.5, 0.6) is 0 Å². The third-order valence-electron chi connectivity index (χ3n) is 2.79. The molecule has 5 nitrogen and oxygen atoms in total. The first kappa shape index (κ1) is 10.3. The average molecular weight is 213 g/mol. The minimum absolute atomic E-state index is 0.0776. The summed E-state index contributed by atoms with van der Waals surface area (Å²) in [6, 6.07) is 0. The number of amides is 1. The first-order chi connectivity index (χ1) is 7.26. The van der Waals surface area contributed by atoms with E-state index in [9.17, 15) is 4.79 Å². The molecule has 2 aliphatic rings. The number of hydrogen-bond donors (Lipinski definition) is 2. The van der Waals surface area contributed by atoms with Crippen molar-refractivity contribution in [3.8, 4) is 0 Å². The van der Waals surface area contributed by atoms with E-state index in [0.717, 1.165) is 12.8 Å². The van der Waals surface area contributed by atoms with E-state index in [1.165, 1.54) is 6.26 Å². The summed E-state index contributed by atoms with van der Waals surface area (Å²) >= 11 is 0. The summed E-state index contributed by atoms with van der Waals surface area (Å²) < 4.78 is 10.1. The predicted molar refractivity (Wildman–Crippen MR) is 51.7 cm³/mol. The van der Waals surface area contributed by atoms with E-state index in [1.54, 1.807) is 0 Å². The molecule has 0 spiro atoms. The van der Waals surface area contributed by atoms with E-state index in [1.807, 2.05) is 0 Å². The number of aliphatic hydroxyl groups excluding tert-OH is 1.